The van der Waals surface area contributed by atoms with E-state index in [1.807, 2.05) is 70.4 Å². The van der Waals surface area contributed by atoms with Crippen LogP contribution in [0.2, 0.25) is 0 Å². The first-order valence-electron chi connectivity index (χ1n) is 12.1. The Kier molecular flexibility index (Phi) is 6.56. The fourth-order valence-corrected chi connectivity index (χ4v) is 4.82. The van der Waals surface area contributed by atoms with E-state index >= 15 is 0 Å². The summed E-state index contributed by atoms with van der Waals surface area (Å²) in [6.45, 7) is 1.62. The molecule has 0 bridgehead atoms. The Morgan fingerprint density at radius 1 is 0.944 bits per heavy atom. The molecule has 1 saturated heterocycles. The summed E-state index contributed by atoms with van der Waals surface area (Å²) in [5.74, 6) is 0.547. The summed E-state index contributed by atoms with van der Waals surface area (Å²) in [4.78, 5) is 29.1. The molecule has 8 nitrogen and oxygen atoms in total. The standard InChI is InChI=1S/C28H28N6O2/c29-17-22-8-1-2-9-23(22)19-33-26(32-14-6-10-24(30)20-32)16-27(35)34(28(33)36)18-21-7-5-11-25(15-21)31-12-3-4-13-31/h1-5,7-9,11-13,15-16,24H,6,10,14,18-20,30H2. The average Bonchev–Trinajstić information content (AvgIpc) is 3.44. The Morgan fingerprint density at radius 2 is 1.75 bits per heavy atom. The molecule has 2 aromatic heterocycles. The summed E-state index contributed by atoms with van der Waals surface area (Å²) in [7, 11) is 0. The summed E-state index contributed by atoms with van der Waals surface area (Å²) in [5.41, 5.74) is 8.48. The van der Waals surface area contributed by atoms with Crippen LogP contribution < -0.4 is 21.9 Å². The topological polar surface area (TPSA) is 102 Å². The van der Waals surface area contributed by atoms with Crippen molar-refractivity contribution in [1.82, 2.24) is 13.7 Å². The van der Waals surface area contributed by atoms with Crippen molar-refractivity contribution in [3.63, 3.8) is 0 Å². The highest BCUT2D eigenvalue weighted by Gasteiger charge is 2.23. The van der Waals surface area contributed by atoms with Crippen molar-refractivity contribution in [1.29, 1.82) is 5.26 Å². The Hall–Kier alpha value is -4.35. The van der Waals surface area contributed by atoms with Gasteiger partial charge in [0.1, 0.15) is 5.82 Å². The number of rotatable bonds is 6. The van der Waals surface area contributed by atoms with Crippen LogP contribution in [-0.2, 0) is 13.1 Å². The first-order chi connectivity index (χ1) is 17.5. The number of anilines is 1. The molecule has 0 spiro atoms. The molecule has 36 heavy (non-hydrogen) atoms. The quantitative estimate of drug-likeness (QED) is 0.457. The smallest absolute Gasteiger partial charge is 0.333 e. The highest BCUT2D eigenvalue weighted by molar-refractivity contribution is 5.43. The summed E-state index contributed by atoms with van der Waals surface area (Å²) >= 11 is 0. The molecular formula is C28H28N6O2. The van der Waals surface area contributed by atoms with Gasteiger partial charge in [-0.25, -0.2) is 4.79 Å². The number of nitriles is 1. The molecule has 2 aromatic carbocycles. The maximum atomic E-state index is 13.8. The highest BCUT2D eigenvalue weighted by atomic mass is 16.2. The summed E-state index contributed by atoms with van der Waals surface area (Å²) < 4.78 is 4.84. The van der Waals surface area contributed by atoms with Crippen LogP contribution in [0.4, 0.5) is 5.82 Å². The van der Waals surface area contributed by atoms with E-state index in [4.69, 9.17) is 5.73 Å². The van der Waals surface area contributed by atoms with Crippen LogP contribution in [0, 0.1) is 11.3 Å². The van der Waals surface area contributed by atoms with Crippen LogP contribution in [0.25, 0.3) is 5.69 Å². The number of hydrogen-bond donors (Lipinski definition) is 1. The van der Waals surface area contributed by atoms with E-state index in [2.05, 4.69) is 6.07 Å². The minimum Gasteiger partial charge on any atom is -0.356 e. The Morgan fingerprint density at radius 3 is 2.53 bits per heavy atom. The lowest BCUT2D eigenvalue weighted by Gasteiger charge is -2.34. The molecule has 1 aliphatic rings. The molecule has 1 atom stereocenters. The molecule has 0 saturated carbocycles. The maximum Gasteiger partial charge on any atom is 0.333 e. The first kappa shape index (κ1) is 23.4. The summed E-state index contributed by atoms with van der Waals surface area (Å²) in [5, 5.41) is 9.59. The molecule has 1 unspecified atom stereocenters. The molecule has 182 valence electrons. The van der Waals surface area contributed by atoms with Gasteiger partial charge in [-0.2, -0.15) is 5.26 Å². The normalized spacial score (nSPS) is 15.6. The van der Waals surface area contributed by atoms with E-state index < -0.39 is 5.69 Å². The minimum atomic E-state index is -0.407. The van der Waals surface area contributed by atoms with Gasteiger partial charge in [0.05, 0.1) is 24.7 Å². The zero-order valence-electron chi connectivity index (χ0n) is 20.0. The lowest BCUT2D eigenvalue weighted by molar-refractivity contribution is 0.490. The van der Waals surface area contributed by atoms with E-state index in [-0.39, 0.29) is 24.7 Å². The van der Waals surface area contributed by atoms with Crippen molar-refractivity contribution in [3.8, 4) is 11.8 Å². The number of nitrogens with two attached hydrogens (primary N) is 1. The Labute approximate surface area is 209 Å². The van der Waals surface area contributed by atoms with Crippen LogP contribution in [-0.4, -0.2) is 32.8 Å². The number of nitrogens with zero attached hydrogens (tertiary/aromatic N) is 5. The van der Waals surface area contributed by atoms with Crippen LogP contribution in [0.15, 0.2) is 88.7 Å². The van der Waals surface area contributed by atoms with Crippen molar-refractivity contribution in [2.45, 2.75) is 32.0 Å². The van der Waals surface area contributed by atoms with Gasteiger partial charge in [0.15, 0.2) is 0 Å². The monoisotopic (exact) mass is 480 g/mol. The fourth-order valence-electron chi connectivity index (χ4n) is 4.82. The van der Waals surface area contributed by atoms with Gasteiger partial charge in [-0.05, 0) is 54.3 Å². The van der Waals surface area contributed by atoms with Gasteiger partial charge >= 0.3 is 5.69 Å². The number of aromatic nitrogens is 3. The number of benzene rings is 2. The predicted molar refractivity (Wildman–Crippen MR) is 140 cm³/mol. The van der Waals surface area contributed by atoms with Crippen molar-refractivity contribution in [3.05, 3.63) is 117 Å². The third kappa shape index (κ3) is 4.74. The van der Waals surface area contributed by atoms with Crippen LogP contribution in [0.3, 0.4) is 0 Å². The molecule has 1 fully saturated rings. The van der Waals surface area contributed by atoms with E-state index in [9.17, 15) is 14.9 Å². The van der Waals surface area contributed by atoms with Gasteiger partial charge in [0, 0.05) is 43.3 Å². The van der Waals surface area contributed by atoms with E-state index in [1.54, 1.807) is 16.7 Å². The van der Waals surface area contributed by atoms with Gasteiger partial charge in [0.2, 0.25) is 0 Å². The second-order valence-electron chi connectivity index (χ2n) is 9.17. The summed E-state index contributed by atoms with van der Waals surface area (Å²) in [6, 6.07) is 22.6. The fraction of sp³-hybridized carbons (Fsp3) is 0.250. The zero-order valence-corrected chi connectivity index (χ0v) is 20.0. The highest BCUT2D eigenvalue weighted by Crippen LogP contribution is 2.20. The average molecular weight is 481 g/mol. The van der Waals surface area contributed by atoms with Crippen LogP contribution >= 0.6 is 0 Å². The van der Waals surface area contributed by atoms with Gasteiger partial charge in [-0.15, -0.1) is 0 Å². The van der Waals surface area contributed by atoms with Crippen molar-refractivity contribution in [2.24, 2.45) is 5.73 Å². The molecule has 8 heteroatoms. The van der Waals surface area contributed by atoms with Crippen LogP contribution in [0.5, 0.6) is 0 Å². The van der Waals surface area contributed by atoms with Gasteiger partial charge in [0.25, 0.3) is 5.56 Å². The van der Waals surface area contributed by atoms with E-state index in [1.165, 1.54) is 10.6 Å². The minimum absolute atomic E-state index is 0.0208. The molecule has 1 aliphatic heterocycles. The molecule has 2 N–H and O–H groups in total. The third-order valence-corrected chi connectivity index (χ3v) is 6.66. The molecular weight excluding hydrogens is 452 g/mol. The molecule has 0 radical (unpaired) electrons. The van der Waals surface area contributed by atoms with Gasteiger partial charge in [-0.3, -0.25) is 13.9 Å². The third-order valence-electron chi connectivity index (χ3n) is 6.66. The molecule has 4 aromatic rings. The SMILES string of the molecule is N#Cc1ccccc1Cn1c(N2CCCC(N)C2)cc(=O)n(Cc2cccc(-n3cccc3)c2)c1=O. The van der Waals surface area contributed by atoms with E-state index in [0.29, 0.717) is 17.9 Å². The van der Waals surface area contributed by atoms with Crippen LogP contribution in [0.1, 0.15) is 29.5 Å². The Balaban J connectivity index is 1.59. The second kappa shape index (κ2) is 10.1. The van der Waals surface area contributed by atoms with Crippen molar-refractivity contribution < 1.29 is 0 Å². The summed E-state index contributed by atoms with van der Waals surface area (Å²) in [6.07, 6.45) is 5.69. The lowest BCUT2D eigenvalue weighted by Crippen LogP contribution is -2.48. The lowest BCUT2D eigenvalue weighted by atomic mass is 10.1. The van der Waals surface area contributed by atoms with Crippen molar-refractivity contribution in [2.75, 3.05) is 18.0 Å². The Bertz CT molecular complexity index is 1530. The predicted octanol–water partition coefficient (Wildman–Crippen LogP) is 2.70. The molecule has 5 rings (SSSR count). The number of hydrogen-bond acceptors (Lipinski definition) is 5. The first-order valence-corrected chi connectivity index (χ1v) is 12.1. The van der Waals surface area contributed by atoms with Gasteiger partial charge in [-0.1, -0.05) is 30.3 Å². The largest absolute Gasteiger partial charge is 0.356 e. The van der Waals surface area contributed by atoms with Crippen molar-refractivity contribution >= 4 is 5.82 Å². The maximum absolute atomic E-state index is 13.8. The zero-order chi connectivity index (χ0) is 25.1. The van der Waals surface area contributed by atoms with E-state index in [0.717, 1.165) is 36.2 Å². The number of piperidine rings is 1. The molecule has 3 heterocycles. The molecule has 0 aliphatic carbocycles. The van der Waals surface area contributed by atoms with Gasteiger partial charge < -0.3 is 15.2 Å². The second-order valence-corrected chi connectivity index (χ2v) is 9.17. The molecule has 0 amide bonds.